The van der Waals surface area contributed by atoms with Crippen LogP contribution in [0.1, 0.15) is 46.4 Å². The van der Waals surface area contributed by atoms with Crippen molar-refractivity contribution in [3.8, 4) is 0 Å². The Morgan fingerprint density at radius 2 is 1.50 bits per heavy atom. The molecular weight excluding hydrogens is 380 g/mol. The molecule has 156 valence electrons. The molecule has 2 aromatic rings. The predicted molar refractivity (Wildman–Crippen MR) is 116 cm³/mol. The van der Waals surface area contributed by atoms with E-state index in [2.05, 4.69) is 15.5 Å². The van der Waals surface area contributed by atoms with Crippen LogP contribution >= 0.6 is 0 Å². The van der Waals surface area contributed by atoms with Gasteiger partial charge in [-0.05, 0) is 62.1 Å². The van der Waals surface area contributed by atoms with Crippen LogP contribution in [0.3, 0.4) is 0 Å². The van der Waals surface area contributed by atoms with Crippen molar-refractivity contribution in [3.63, 3.8) is 0 Å². The summed E-state index contributed by atoms with van der Waals surface area (Å²) >= 11 is 0. The summed E-state index contributed by atoms with van der Waals surface area (Å²) in [6.07, 6.45) is 4.24. The Morgan fingerprint density at radius 3 is 2.13 bits per heavy atom. The lowest BCUT2D eigenvalue weighted by molar-refractivity contribution is 0.0653. The number of anilines is 2. The Kier molecular flexibility index (Phi) is 5.97. The van der Waals surface area contributed by atoms with E-state index in [1.807, 2.05) is 24.3 Å². The molecule has 2 aliphatic heterocycles. The van der Waals surface area contributed by atoms with Gasteiger partial charge in [0.05, 0.1) is 11.1 Å². The van der Waals surface area contributed by atoms with Gasteiger partial charge in [0.2, 0.25) is 0 Å². The van der Waals surface area contributed by atoms with Crippen molar-refractivity contribution in [2.45, 2.75) is 25.7 Å². The Morgan fingerprint density at radius 1 is 0.867 bits per heavy atom. The van der Waals surface area contributed by atoms with Gasteiger partial charge in [0.1, 0.15) is 0 Å². The van der Waals surface area contributed by atoms with Gasteiger partial charge in [0, 0.05) is 37.6 Å². The van der Waals surface area contributed by atoms with Gasteiger partial charge in [-0.25, -0.2) is 4.79 Å². The first-order chi connectivity index (χ1) is 14.6. The van der Waals surface area contributed by atoms with Crippen molar-refractivity contribution in [2.75, 3.05) is 36.4 Å². The number of benzene rings is 2. The Balaban J connectivity index is 1.20. The molecule has 0 radical (unpaired) electrons. The van der Waals surface area contributed by atoms with Gasteiger partial charge in [0.15, 0.2) is 0 Å². The van der Waals surface area contributed by atoms with Crippen molar-refractivity contribution in [1.29, 1.82) is 0 Å². The minimum atomic E-state index is -0.303. The van der Waals surface area contributed by atoms with Crippen molar-refractivity contribution >= 4 is 29.2 Å². The number of piperidine rings is 1. The molecule has 2 N–H and O–H groups in total. The first-order valence-corrected chi connectivity index (χ1v) is 10.5. The number of imide groups is 1. The lowest BCUT2D eigenvalue weighted by Crippen LogP contribution is -2.35. The molecule has 4 amide bonds. The van der Waals surface area contributed by atoms with Crippen LogP contribution in [0.4, 0.5) is 16.2 Å². The first kappa shape index (κ1) is 19.9. The molecule has 7 heteroatoms. The molecule has 4 rings (SSSR count). The second-order valence-electron chi connectivity index (χ2n) is 7.64. The second-order valence-corrected chi connectivity index (χ2v) is 7.64. The number of rotatable bonds is 6. The van der Waals surface area contributed by atoms with E-state index < -0.39 is 0 Å². The summed E-state index contributed by atoms with van der Waals surface area (Å²) in [5, 5.41) is 5.59. The fourth-order valence-corrected chi connectivity index (χ4v) is 3.96. The molecule has 1 fully saturated rings. The highest BCUT2D eigenvalue weighted by atomic mass is 16.2. The van der Waals surface area contributed by atoms with E-state index in [0.29, 0.717) is 24.1 Å². The fraction of sp³-hybridized carbons (Fsp3) is 0.348. The smallest absolute Gasteiger partial charge is 0.319 e. The molecule has 2 heterocycles. The largest absolute Gasteiger partial charge is 0.372 e. The molecule has 0 bridgehead atoms. The van der Waals surface area contributed by atoms with Gasteiger partial charge in [-0.15, -0.1) is 0 Å². The zero-order chi connectivity index (χ0) is 20.9. The maximum Gasteiger partial charge on any atom is 0.319 e. The van der Waals surface area contributed by atoms with Crippen LogP contribution in [0.25, 0.3) is 0 Å². The first-order valence-electron chi connectivity index (χ1n) is 10.5. The fourth-order valence-electron chi connectivity index (χ4n) is 3.96. The zero-order valence-electron chi connectivity index (χ0n) is 16.9. The van der Waals surface area contributed by atoms with Gasteiger partial charge < -0.3 is 15.5 Å². The number of fused-ring (bicyclic) bond motifs is 1. The molecule has 0 unspecified atom stereocenters. The van der Waals surface area contributed by atoms with Crippen molar-refractivity contribution in [3.05, 3.63) is 59.7 Å². The monoisotopic (exact) mass is 406 g/mol. The minimum Gasteiger partial charge on any atom is -0.372 e. The van der Waals surface area contributed by atoms with E-state index in [1.165, 1.54) is 29.8 Å². The lowest BCUT2D eigenvalue weighted by atomic mass is 10.1. The number of nitrogens with zero attached hydrogens (tertiary/aromatic N) is 2. The average Bonchev–Trinajstić information content (AvgIpc) is 3.03. The van der Waals surface area contributed by atoms with Crippen LogP contribution in [0, 0.1) is 0 Å². The number of urea groups is 1. The molecule has 30 heavy (non-hydrogen) atoms. The third kappa shape index (κ3) is 4.30. The van der Waals surface area contributed by atoms with Gasteiger partial charge in [-0.3, -0.25) is 14.5 Å². The van der Waals surface area contributed by atoms with Crippen LogP contribution in [0.15, 0.2) is 48.5 Å². The maximum absolute atomic E-state index is 12.3. The number of hydrogen-bond donors (Lipinski definition) is 2. The Labute approximate surface area is 176 Å². The van der Waals surface area contributed by atoms with Gasteiger partial charge in [-0.1, -0.05) is 12.1 Å². The standard InChI is InChI=1S/C23H26N4O3/c28-21-19-7-2-3-8-20(19)22(29)27(21)16-6-13-24-23(30)25-17-9-11-18(12-10-17)26-14-4-1-5-15-26/h2-3,7-12H,1,4-6,13-16H2,(H2,24,25,30). The summed E-state index contributed by atoms with van der Waals surface area (Å²) in [4.78, 5) is 40.4. The van der Waals surface area contributed by atoms with Crippen LogP contribution in [-0.4, -0.2) is 48.9 Å². The van der Waals surface area contributed by atoms with Gasteiger partial charge in [0.25, 0.3) is 11.8 Å². The number of hydrogen-bond acceptors (Lipinski definition) is 4. The van der Waals surface area contributed by atoms with E-state index in [4.69, 9.17) is 0 Å². The minimum absolute atomic E-state index is 0.270. The Bertz CT molecular complexity index is 901. The number of carbonyl (C=O) groups excluding carboxylic acids is 3. The lowest BCUT2D eigenvalue weighted by Gasteiger charge is -2.28. The SMILES string of the molecule is O=C(NCCCN1C(=O)c2ccccc2C1=O)Nc1ccc(N2CCCCC2)cc1. The number of carbonyl (C=O) groups is 3. The zero-order valence-corrected chi connectivity index (χ0v) is 16.9. The summed E-state index contributed by atoms with van der Waals surface area (Å²) < 4.78 is 0. The molecule has 0 spiro atoms. The third-order valence-corrected chi connectivity index (χ3v) is 5.57. The highest BCUT2D eigenvalue weighted by molar-refractivity contribution is 6.21. The Hall–Kier alpha value is -3.35. The van der Waals surface area contributed by atoms with Crippen molar-refractivity contribution in [1.82, 2.24) is 10.2 Å². The molecule has 7 nitrogen and oxygen atoms in total. The average molecular weight is 406 g/mol. The molecular formula is C23H26N4O3. The number of nitrogens with one attached hydrogen (secondary N) is 2. The van der Waals surface area contributed by atoms with E-state index in [0.717, 1.165) is 18.8 Å². The quantitative estimate of drug-likeness (QED) is 0.568. The molecule has 0 saturated carbocycles. The molecule has 2 aliphatic rings. The molecule has 2 aromatic carbocycles. The third-order valence-electron chi connectivity index (χ3n) is 5.57. The van der Waals surface area contributed by atoms with E-state index in [1.54, 1.807) is 24.3 Å². The maximum atomic E-state index is 12.3. The summed E-state index contributed by atoms with van der Waals surface area (Å²) in [7, 11) is 0. The summed E-state index contributed by atoms with van der Waals surface area (Å²) in [5.74, 6) is -0.539. The van der Waals surface area contributed by atoms with E-state index in [-0.39, 0.29) is 24.4 Å². The van der Waals surface area contributed by atoms with Crippen LogP contribution in [0.5, 0.6) is 0 Å². The highest BCUT2D eigenvalue weighted by Crippen LogP contribution is 2.23. The summed E-state index contributed by atoms with van der Waals surface area (Å²) in [6.45, 7) is 2.81. The second kappa shape index (κ2) is 8.98. The van der Waals surface area contributed by atoms with Gasteiger partial charge in [-0.2, -0.15) is 0 Å². The van der Waals surface area contributed by atoms with Crippen molar-refractivity contribution < 1.29 is 14.4 Å². The molecule has 0 aliphatic carbocycles. The van der Waals surface area contributed by atoms with Crippen LogP contribution < -0.4 is 15.5 Å². The van der Waals surface area contributed by atoms with E-state index >= 15 is 0 Å². The number of amides is 4. The van der Waals surface area contributed by atoms with Crippen LogP contribution in [0.2, 0.25) is 0 Å². The van der Waals surface area contributed by atoms with E-state index in [9.17, 15) is 14.4 Å². The molecule has 0 aromatic heterocycles. The topological polar surface area (TPSA) is 81.8 Å². The highest BCUT2D eigenvalue weighted by Gasteiger charge is 2.34. The normalized spacial score (nSPS) is 15.9. The predicted octanol–water partition coefficient (Wildman–Crippen LogP) is 3.48. The van der Waals surface area contributed by atoms with Gasteiger partial charge >= 0.3 is 6.03 Å². The molecule has 1 saturated heterocycles. The molecule has 0 atom stereocenters. The van der Waals surface area contributed by atoms with Crippen LogP contribution in [-0.2, 0) is 0 Å². The summed E-state index contributed by atoms with van der Waals surface area (Å²) in [5.41, 5.74) is 2.80. The summed E-state index contributed by atoms with van der Waals surface area (Å²) in [6, 6.07) is 14.4. The van der Waals surface area contributed by atoms with Crippen molar-refractivity contribution in [2.24, 2.45) is 0 Å².